The first-order valence-corrected chi connectivity index (χ1v) is 14.6. The van der Waals surface area contributed by atoms with Gasteiger partial charge in [-0.2, -0.15) is 0 Å². The Kier molecular flexibility index (Phi) is 9.43. The lowest BCUT2D eigenvalue weighted by atomic mass is 9.62. The summed E-state index contributed by atoms with van der Waals surface area (Å²) in [5, 5.41) is 9.81. The molecule has 9 heteroatoms. The van der Waals surface area contributed by atoms with Gasteiger partial charge in [0, 0.05) is 19.7 Å². The molecule has 40 heavy (non-hydrogen) atoms. The van der Waals surface area contributed by atoms with Gasteiger partial charge < -0.3 is 24.4 Å². The van der Waals surface area contributed by atoms with E-state index in [-0.39, 0.29) is 44.0 Å². The van der Waals surface area contributed by atoms with E-state index in [0.717, 1.165) is 12.8 Å². The van der Waals surface area contributed by atoms with E-state index < -0.39 is 35.0 Å². The van der Waals surface area contributed by atoms with Gasteiger partial charge in [0.05, 0.1) is 28.8 Å². The highest BCUT2D eigenvalue weighted by Crippen LogP contribution is 2.65. The summed E-state index contributed by atoms with van der Waals surface area (Å²) in [6.07, 6.45) is 7.28. The molecule has 2 bridgehead atoms. The van der Waals surface area contributed by atoms with Gasteiger partial charge in [-0.05, 0) is 63.5 Å². The van der Waals surface area contributed by atoms with Crippen molar-refractivity contribution in [2.75, 3.05) is 31.2 Å². The van der Waals surface area contributed by atoms with Crippen molar-refractivity contribution < 1.29 is 29.0 Å². The van der Waals surface area contributed by atoms with Crippen LogP contribution < -0.4 is 4.90 Å². The van der Waals surface area contributed by atoms with Crippen molar-refractivity contribution in [1.82, 2.24) is 4.90 Å². The average Bonchev–Trinajstić information content (AvgIpc) is 3.44. The number of unbranched alkanes of at least 4 members (excludes halogenated alkanes) is 3. The fourth-order valence-electron chi connectivity index (χ4n) is 6.92. The third-order valence-electron chi connectivity index (χ3n) is 8.88. The number of benzene rings is 1. The summed E-state index contributed by atoms with van der Waals surface area (Å²) in [6.45, 7) is 12.1. The van der Waals surface area contributed by atoms with Gasteiger partial charge in [0.15, 0.2) is 0 Å². The highest BCUT2D eigenvalue weighted by Gasteiger charge is 2.80. The van der Waals surface area contributed by atoms with Crippen molar-refractivity contribution in [2.45, 2.75) is 69.6 Å². The third kappa shape index (κ3) is 5.10. The van der Waals surface area contributed by atoms with E-state index in [0.29, 0.717) is 36.4 Å². The lowest BCUT2D eigenvalue weighted by molar-refractivity contribution is -0.161. The molecule has 3 fully saturated rings. The number of allylic oxidation sites excluding steroid dienone is 1. The number of hydrogen-bond acceptors (Lipinski definition) is 6. The van der Waals surface area contributed by atoms with Gasteiger partial charge in [-0.3, -0.25) is 14.4 Å². The van der Waals surface area contributed by atoms with E-state index in [2.05, 4.69) is 13.2 Å². The summed E-state index contributed by atoms with van der Waals surface area (Å²) in [5.41, 5.74) is -1.62. The first-order valence-electron chi connectivity index (χ1n) is 14.2. The van der Waals surface area contributed by atoms with E-state index in [1.165, 1.54) is 0 Å². The molecule has 3 heterocycles. The maximum atomic E-state index is 14.5. The smallest absolute Gasteiger partial charge is 0.312 e. The molecular weight excluding hydrogens is 532 g/mol. The molecule has 8 nitrogen and oxygen atoms in total. The molecule has 4 rings (SSSR count). The maximum Gasteiger partial charge on any atom is 0.312 e. The molecule has 2 amide bonds. The predicted molar refractivity (Wildman–Crippen MR) is 154 cm³/mol. The summed E-state index contributed by atoms with van der Waals surface area (Å²) in [6, 6.07) is 6.09. The second-order valence-corrected chi connectivity index (χ2v) is 11.7. The van der Waals surface area contributed by atoms with Crippen LogP contribution in [0.25, 0.3) is 0 Å². The van der Waals surface area contributed by atoms with Gasteiger partial charge in [-0.25, -0.2) is 0 Å². The van der Waals surface area contributed by atoms with Crippen LogP contribution in [0, 0.1) is 17.8 Å². The minimum absolute atomic E-state index is 0.0240. The number of esters is 1. The first kappa shape index (κ1) is 30.3. The molecule has 1 aromatic carbocycles. The fourth-order valence-corrected chi connectivity index (χ4v) is 7.16. The second-order valence-electron chi connectivity index (χ2n) is 11.3. The number of aliphatic hydroxyl groups is 1. The van der Waals surface area contributed by atoms with Crippen molar-refractivity contribution in [3.05, 3.63) is 54.6 Å². The number of aliphatic hydroxyl groups excluding tert-OH is 1. The van der Waals surface area contributed by atoms with Gasteiger partial charge in [0.1, 0.15) is 17.6 Å². The number of halogens is 1. The minimum Gasteiger partial charge on any atom is -0.465 e. The third-order valence-corrected chi connectivity index (χ3v) is 9.20. The molecule has 0 aliphatic carbocycles. The molecule has 1 N–H and O–H groups in total. The highest BCUT2D eigenvalue weighted by atomic mass is 35.5. The Morgan fingerprint density at radius 3 is 2.65 bits per heavy atom. The summed E-state index contributed by atoms with van der Waals surface area (Å²) in [5.74, 6) is -2.81. The van der Waals surface area contributed by atoms with Gasteiger partial charge in [-0.1, -0.05) is 42.8 Å². The number of anilines is 1. The topological polar surface area (TPSA) is 96.4 Å². The SMILES string of the molecule is C=CCCCCOC(=O)[C@H]1[C@H]2C(=O)N(CCCCO)C(C(=O)N(CC=C)c3ccccc3Cl)C23CC(C)[C@]1(C)O3. The van der Waals surface area contributed by atoms with Crippen LogP contribution in [0.4, 0.5) is 5.69 Å². The van der Waals surface area contributed by atoms with Crippen molar-refractivity contribution in [3.63, 3.8) is 0 Å². The Balaban J connectivity index is 1.73. The number of carbonyl (C=O) groups excluding carboxylic acids is 3. The Hall–Kier alpha value is -2.68. The van der Waals surface area contributed by atoms with Crippen LogP contribution in [0.3, 0.4) is 0 Å². The molecule has 0 aromatic heterocycles. The monoisotopic (exact) mass is 572 g/mol. The summed E-state index contributed by atoms with van der Waals surface area (Å²) >= 11 is 6.52. The van der Waals surface area contributed by atoms with E-state index in [9.17, 15) is 19.5 Å². The molecule has 218 valence electrons. The highest BCUT2D eigenvalue weighted by molar-refractivity contribution is 6.34. The summed E-state index contributed by atoms with van der Waals surface area (Å²) < 4.78 is 12.5. The Morgan fingerprint density at radius 2 is 1.98 bits per heavy atom. The largest absolute Gasteiger partial charge is 0.465 e. The second kappa shape index (κ2) is 12.5. The minimum atomic E-state index is -1.19. The number of likely N-dealkylation sites (tertiary alicyclic amines) is 1. The van der Waals surface area contributed by atoms with Gasteiger partial charge >= 0.3 is 5.97 Å². The van der Waals surface area contributed by atoms with Gasteiger partial charge in [0.25, 0.3) is 5.91 Å². The zero-order valence-electron chi connectivity index (χ0n) is 23.5. The molecule has 0 radical (unpaired) electrons. The van der Waals surface area contributed by atoms with Crippen LogP contribution in [-0.2, 0) is 23.9 Å². The quantitative estimate of drug-likeness (QED) is 0.200. The van der Waals surface area contributed by atoms with E-state index in [1.807, 2.05) is 19.9 Å². The maximum absolute atomic E-state index is 14.5. The van der Waals surface area contributed by atoms with Crippen LogP contribution in [0.5, 0.6) is 0 Å². The van der Waals surface area contributed by atoms with Crippen molar-refractivity contribution in [1.29, 1.82) is 0 Å². The van der Waals surface area contributed by atoms with Crippen LogP contribution >= 0.6 is 11.6 Å². The number of fused-ring (bicyclic) bond motifs is 1. The van der Waals surface area contributed by atoms with Crippen LogP contribution in [0.1, 0.15) is 52.4 Å². The molecule has 6 atom stereocenters. The number of rotatable bonds is 14. The van der Waals surface area contributed by atoms with Crippen molar-refractivity contribution in [3.8, 4) is 0 Å². The number of para-hydroxylation sites is 1. The molecule has 1 aromatic rings. The molecule has 1 spiro atoms. The number of hydrogen-bond donors (Lipinski definition) is 1. The standard InChI is InChI=1S/C31H41ClN2O6/c1-5-7-8-13-19-39-29(38)25-24-27(36)34(17-11-12-18-35)26(31(24)20-21(3)30(25,4)40-31)28(37)33(16-6-2)23-15-10-9-14-22(23)32/h5-6,9-10,14-15,21,24-26,35H,1-2,7-8,11-13,16-20H2,3-4H3/t21?,24-,25+,26?,30-,31?/m0/s1. The number of amides is 2. The molecule has 3 unspecified atom stereocenters. The van der Waals surface area contributed by atoms with Crippen LogP contribution in [-0.4, -0.2) is 71.3 Å². The van der Waals surface area contributed by atoms with Gasteiger partial charge in [0.2, 0.25) is 5.91 Å². The normalized spacial score (nSPS) is 30.3. The Morgan fingerprint density at radius 1 is 1.23 bits per heavy atom. The molecule has 3 aliphatic rings. The van der Waals surface area contributed by atoms with Gasteiger partial charge in [-0.15, -0.1) is 13.2 Å². The summed E-state index contributed by atoms with van der Waals surface area (Å²) in [7, 11) is 0. The molecule has 3 aliphatic heterocycles. The summed E-state index contributed by atoms with van der Waals surface area (Å²) in [4.78, 5) is 45.4. The van der Waals surface area contributed by atoms with Crippen LogP contribution in [0.2, 0.25) is 5.02 Å². The zero-order chi connectivity index (χ0) is 29.1. The molecule has 0 saturated carbocycles. The van der Waals surface area contributed by atoms with E-state index >= 15 is 0 Å². The van der Waals surface area contributed by atoms with E-state index in [4.69, 9.17) is 21.1 Å². The van der Waals surface area contributed by atoms with E-state index in [1.54, 1.807) is 40.1 Å². The number of nitrogens with zero attached hydrogens (tertiary/aromatic N) is 2. The van der Waals surface area contributed by atoms with Crippen molar-refractivity contribution >= 4 is 35.1 Å². The molecular formula is C31H41ClN2O6. The van der Waals surface area contributed by atoms with Crippen molar-refractivity contribution in [2.24, 2.45) is 17.8 Å². The first-order chi connectivity index (χ1) is 19.2. The lowest BCUT2D eigenvalue weighted by Gasteiger charge is -2.37. The number of carbonyl (C=O) groups is 3. The number of ether oxygens (including phenoxy) is 2. The van der Waals surface area contributed by atoms with Crippen LogP contribution in [0.15, 0.2) is 49.6 Å². The predicted octanol–water partition coefficient (Wildman–Crippen LogP) is 4.54. The Labute approximate surface area is 241 Å². The average molecular weight is 573 g/mol. The fraction of sp³-hybridized carbons (Fsp3) is 0.581. The molecule has 3 saturated heterocycles. The zero-order valence-corrected chi connectivity index (χ0v) is 24.3. The Bertz CT molecular complexity index is 1140. The lowest BCUT2D eigenvalue weighted by Crippen LogP contribution is -2.57.